The van der Waals surface area contributed by atoms with Crippen molar-refractivity contribution in [1.82, 2.24) is 5.48 Å². The molecule has 1 heterocycles. The van der Waals surface area contributed by atoms with Crippen molar-refractivity contribution in [2.24, 2.45) is 0 Å². The summed E-state index contributed by atoms with van der Waals surface area (Å²) in [5.74, 6) is 1.52. The number of hydrogen-bond acceptors (Lipinski definition) is 4. The average molecular weight is 488 g/mol. The SMILES string of the molecule is C1=Cc2ccccc2ON1.Oc1ccccc1.Oc1ccccc1.c1ccc2c(c1)Cc1ccccc1-2. The van der Waals surface area contributed by atoms with Crippen LogP contribution >= 0.6 is 0 Å². The first-order chi connectivity index (χ1) is 18.2. The quantitative estimate of drug-likeness (QED) is 0.206. The fourth-order valence-electron chi connectivity index (χ4n) is 3.87. The van der Waals surface area contributed by atoms with Crippen molar-refractivity contribution in [2.75, 3.05) is 0 Å². The molecule has 1 aliphatic carbocycles. The molecular weight excluding hydrogens is 458 g/mol. The van der Waals surface area contributed by atoms with Crippen molar-refractivity contribution in [3.63, 3.8) is 0 Å². The van der Waals surface area contributed by atoms with Gasteiger partial charge in [0, 0.05) is 11.8 Å². The summed E-state index contributed by atoms with van der Waals surface area (Å²) in [4.78, 5) is 5.09. The maximum absolute atomic E-state index is 8.63. The van der Waals surface area contributed by atoms with Crippen LogP contribution in [0.4, 0.5) is 0 Å². The van der Waals surface area contributed by atoms with Crippen LogP contribution in [0, 0.1) is 0 Å². The maximum atomic E-state index is 8.63. The first kappa shape index (κ1) is 25.1. The molecular formula is C33H29NO3. The second-order valence-corrected chi connectivity index (χ2v) is 8.25. The molecule has 4 heteroatoms. The number of hydroxylamine groups is 1. The number of hydrogen-bond donors (Lipinski definition) is 3. The molecule has 184 valence electrons. The number of benzene rings is 5. The van der Waals surface area contributed by atoms with Crippen LogP contribution in [0.1, 0.15) is 16.7 Å². The highest BCUT2D eigenvalue weighted by Crippen LogP contribution is 2.35. The van der Waals surface area contributed by atoms with Gasteiger partial charge >= 0.3 is 0 Å². The molecule has 5 aromatic carbocycles. The number of phenols is 2. The molecule has 3 N–H and O–H groups in total. The molecule has 0 atom stereocenters. The Hall–Kier alpha value is -4.96. The highest BCUT2D eigenvalue weighted by atomic mass is 16.6. The maximum Gasteiger partial charge on any atom is 0.162 e. The van der Waals surface area contributed by atoms with Crippen LogP contribution in [-0.2, 0) is 6.42 Å². The lowest BCUT2D eigenvalue weighted by Crippen LogP contribution is -2.13. The van der Waals surface area contributed by atoms with Crippen LogP contribution in [0.2, 0.25) is 0 Å². The van der Waals surface area contributed by atoms with E-state index in [9.17, 15) is 0 Å². The Kier molecular flexibility index (Phi) is 8.98. The van der Waals surface area contributed by atoms with Crippen LogP contribution in [-0.4, -0.2) is 10.2 Å². The molecule has 0 radical (unpaired) electrons. The van der Waals surface area contributed by atoms with Crippen LogP contribution < -0.4 is 10.3 Å². The van der Waals surface area contributed by atoms with E-state index in [2.05, 4.69) is 54.0 Å². The van der Waals surface area contributed by atoms with Gasteiger partial charge in [-0.25, -0.2) is 5.48 Å². The Labute approximate surface area is 217 Å². The predicted octanol–water partition coefficient (Wildman–Crippen LogP) is 7.60. The van der Waals surface area contributed by atoms with Crippen molar-refractivity contribution in [1.29, 1.82) is 0 Å². The Morgan fingerprint density at radius 2 is 0.973 bits per heavy atom. The van der Waals surface area contributed by atoms with Crippen molar-refractivity contribution in [3.8, 4) is 28.4 Å². The number of aromatic hydroxyl groups is 2. The van der Waals surface area contributed by atoms with Gasteiger partial charge in [-0.15, -0.1) is 0 Å². The largest absolute Gasteiger partial charge is 0.508 e. The number of nitrogens with one attached hydrogen (secondary N) is 1. The van der Waals surface area contributed by atoms with Gasteiger partial charge in [-0.05, 0) is 65.1 Å². The van der Waals surface area contributed by atoms with Gasteiger partial charge in [0.15, 0.2) is 5.75 Å². The number of para-hydroxylation sites is 3. The van der Waals surface area contributed by atoms with Gasteiger partial charge in [0.05, 0.1) is 0 Å². The monoisotopic (exact) mass is 487 g/mol. The summed E-state index contributed by atoms with van der Waals surface area (Å²) in [5.41, 5.74) is 9.53. The standard InChI is InChI=1S/C13H10.C8H7NO.2C6H6O/c1-3-7-12-10(5-1)9-11-6-2-4-8-13(11)12;1-2-4-8-7(3-1)5-6-9-10-8;2*7-6-4-2-1-3-5-6/h1-8H,9H2;1-6,9H;2*1-5,7H. The van der Waals surface area contributed by atoms with Crippen LogP contribution in [0.25, 0.3) is 17.2 Å². The summed E-state index contributed by atoms with van der Waals surface area (Å²) in [6.45, 7) is 0. The van der Waals surface area contributed by atoms with E-state index < -0.39 is 0 Å². The van der Waals surface area contributed by atoms with E-state index >= 15 is 0 Å². The molecule has 2 aliphatic rings. The van der Waals surface area contributed by atoms with Crippen molar-refractivity contribution in [3.05, 3.63) is 156 Å². The summed E-state index contributed by atoms with van der Waals surface area (Å²) in [6, 6.07) is 42.6. The van der Waals surface area contributed by atoms with E-state index in [1.54, 1.807) is 54.7 Å². The van der Waals surface area contributed by atoms with E-state index in [4.69, 9.17) is 15.1 Å². The van der Waals surface area contributed by atoms with E-state index in [1.165, 1.54) is 22.3 Å². The van der Waals surface area contributed by atoms with Gasteiger partial charge in [-0.2, -0.15) is 0 Å². The summed E-state index contributed by atoms with van der Waals surface area (Å²) in [5, 5.41) is 17.3. The molecule has 0 spiro atoms. The molecule has 0 saturated carbocycles. The van der Waals surface area contributed by atoms with E-state index in [1.807, 2.05) is 42.5 Å². The Morgan fingerprint density at radius 1 is 0.514 bits per heavy atom. The topological polar surface area (TPSA) is 61.7 Å². The van der Waals surface area contributed by atoms with Crippen molar-refractivity contribution < 1.29 is 15.1 Å². The van der Waals surface area contributed by atoms with Gasteiger partial charge < -0.3 is 15.1 Å². The highest BCUT2D eigenvalue weighted by Gasteiger charge is 2.15. The minimum atomic E-state index is 0.322. The Balaban J connectivity index is 0.000000120. The lowest BCUT2D eigenvalue weighted by molar-refractivity contribution is 0.239. The predicted molar refractivity (Wildman–Crippen MR) is 150 cm³/mol. The lowest BCUT2D eigenvalue weighted by atomic mass is 10.1. The number of rotatable bonds is 0. The van der Waals surface area contributed by atoms with Crippen LogP contribution in [0.5, 0.6) is 17.2 Å². The molecule has 1 aliphatic heterocycles. The molecule has 0 amide bonds. The minimum Gasteiger partial charge on any atom is -0.508 e. The Morgan fingerprint density at radius 3 is 1.46 bits per heavy atom. The fourth-order valence-corrected chi connectivity index (χ4v) is 3.87. The van der Waals surface area contributed by atoms with Crippen molar-refractivity contribution in [2.45, 2.75) is 6.42 Å². The molecule has 0 aromatic heterocycles. The summed E-state index contributed by atoms with van der Waals surface area (Å²) >= 11 is 0. The molecule has 4 nitrogen and oxygen atoms in total. The van der Waals surface area contributed by atoms with Crippen LogP contribution in [0.15, 0.2) is 140 Å². The molecule has 0 fully saturated rings. The number of fused-ring (bicyclic) bond motifs is 4. The smallest absolute Gasteiger partial charge is 0.162 e. The molecule has 0 saturated heterocycles. The zero-order valence-corrected chi connectivity index (χ0v) is 20.4. The molecule has 37 heavy (non-hydrogen) atoms. The highest BCUT2D eigenvalue weighted by molar-refractivity contribution is 5.76. The minimum absolute atomic E-state index is 0.322. The van der Waals surface area contributed by atoms with Gasteiger partial charge in [0.1, 0.15) is 11.5 Å². The third kappa shape index (κ3) is 7.51. The normalized spacial score (nSPS) is 11.1. The molecule has 5 aromatic rings. The molecule has 0 bridgehead atoms. The second-order valence-electron chi connectivity index (χ2n) is 8.25. The summed E-state index contributed by atoms with van der Waals surface area (Å²) in [6.07, 6.45) is 4.84. The zero-order chi connectivity index (χ0) is 25.7. The van der Waals surface area contributed by atoms with E-state index in [0.29, 0.717) is 11.5 Å². The third-order valence-corrected chi connectivity index (χ3v) is 5.64. The third-order valence-electron chi connectivity index (χ3n) is 5.64. The first-order valence-corrected chi connectivity index (χ1v) is 12.0. The van der Waals surface area contributed by atoms with E-state index in [-0.39, 0.29) is 0 Å². The zero-order valence-electron chi connectivity index (χ0n) is 20.4. The Bertz CT molecular complexity index is 1340. The number of phenolic OH excluding ortho intramolecular Hbond substituents is 2. The second kappa shape index (κ2) is 13.2. The van der Waals surface area contributed by atoms with E-state index in [0.717, 1.165) is 17.7 Å². The van der Waals surface area contributed by atoms with Crippen LogP contribution in [0.3, 0.4) is 0 Å². The molecule has 0 unspecified atom stereocenters. The summed E-state index contributed by atoms with van der Waals surface area (Å²) < 4.78 is 0. The molecule has 7 rings (SSSR count). The van der Waals surface area contributed by atoms with Crippen molar-refractivity contribution >= 4 is 6.08 Å². The average Bonchev–Trinajstić information content (AvgIpc) is 3.34. The van der Waals surface area contributed by atoms with Gasteiger partial charge in [-0.3, -0.25) is 0 Å². The first-order valence-electron chi connectivity index (χ1n) is 12.0. The van der Waals surface area contributed by atoms with Gasteiger partial charge in [-0.1, -0.05) is 103 Å². The van der Waals surface area contributed by atoms with Gasteiger partial charge in [0.25, 0.3) is 0 Å². The van der Waals surface area contributed by atoms with Gasteiger partial charge in [0.2, 0.25) is 0 Å². The summed E-state index contributed by atoms with van der Waals surface area (Å²) in [7, 11) is 0. The lowest BCUT2D eigenvalue weighted by Gasteiger charge is -2.11. The fraction of sp³-hybridized carbons (Fsp3) is 0.0303.